The minimum absolute atomic E-state index is 0.0443. The molecule has 2 saturated heterocycles. The van der Waals surface area contributed by atoms with Crippen molar-refractivity contribution >= 4 is 17.6 Å². The van der Waals surface area contributed by atoms with Crippen LogP contribution in [0.2, 0.25) is 0 Å². The van der Waals surface area contributed by atoms with Crippen molar-refractivity contribution in [2.75, 3.05) is 45.2 Å². The van der Waals surface area contributed by atoms with Crippen molar-refractivity contribution in [1.82, 2.24) is 15.1 Å². The molecule has 0 aromatic heterocycles. The van der Waals surface area contributed by atoms with Gasteiger partial charge in [-0.1, -0.05) is 12.1 Å². The maximum Gasteiger partial charge on any atom is 0.317 e. The summed E-state index contributed by atoms with van der Waals surface area (Å²) in [4.78, 5) is 30.1. The third-order valence-corrected chi connectivity index (χ3v) is 5.11. The number of urea groups is 1. The average Bonchev–Trinajstić information content (AvgIpc) is 3.21. The molecule has 136 valence electrons. The van der Waals surface area contributed by atoms with Crippen molar-refractivity contribution in [3.8, 4) is 0 Å². The van der Waals surface area contributed by atoms with Crippen molar-refractivity contribution < 1.29 is 9.59 Å². The van der Waals surface area contributed by atoms with Crippen molar-refractivity contribution in [2.45, 2.75) is 25.8 Å². The van der Waals surface area contributed by atoms with Crippen LogP contribution in [-0.2, 0) is 11.3 Å². The summed E-state index contributed by atoms with van der Waals surface area (Å²) in [5.41, 5.74) is 1.94. The molecule has 1 N–H and O–H groups in total. The first-order valence-corrected chi connectivity index (χ1v) is 9.10. The summed E-state index contributed by atoms with van der Waals surface area (Å²) < 4.78 is 0. The molecule has 1 atom stereocenters. The topological polar surface area (TPSA) is 55.9 Å². The van der Waals surface area contributed by atoms with Crippen molar-refractivity contribution in [3.05, 3.63) is 29.8 Å². The zero-order chi connectivity index (χ0) is 17.8. The molecule has 3 rings (SSSR count). The van der Waals surface area contributed by atoms with E-state index in [9.17, 15) is 9.59 Å². The molecule has 2 aliphatic heterocycles. The molecule has 0 spiro atoms. The molecule has 3 amide bonds. The van der Waals surface area contributed by atoms with E-state index in [1.54, 1.807) is 4.90 Å². The molecule has 1 unspecified atom stereocenters. The number of carbonyl (C=O) groups excluding carboxylic acids is 2. The fraction of sp³-hybridized carbons (Fsp3) is 0.579. The molecule has 25 heavy (non-hydrogen) atoms. The number of hydrogen-bond donors (Lipinski definition) is 1. The number of hydrogen-bond acceptors (Lipinski definition) is 3. The molecule has 2 heterocycles. The monoisotopic (exact) mass is 344 g/mol. The first kappa shape index (κ1) is 17.7. The molecule has 0 saturated carbocycles. The van der Waals surface area contributed by atoms with Crippen LogP contribution >= 0.6 is 0 Å². The molecule has 0 aliphatic carbocycles. The fourth-order valence-corrected chi connectivity index (χ4v) is 3.71. The Morgan fingerprint density at radius 3 is 2.88 bits per heavy atom. The Bertz CT molecular complexity index is 634. The fourth-order valence-electron chi connectivity index (χ4n) is 3.71. The highest BCUT2D eigenvalue weighted by atomic mass is 16.2. The van der Waals surface area contributed by atoms with Crippen LogP contribution in [0, 0.1) is 5.92 Å². The lowest BCUT2D eigenvalue weighted by atomic mass is 10.1. The number of carbonyl (C=O) groups is 2. The van der Waals surface area contributed by atoms with Gasteiger partial charge < -0.3 is 20.0 Å². The molecule has 2 aliphatic rings. The predicted molar refractivity (Wildman–Crippen MR) is 98.5 cm³/mol. The number of benzene rings is 1. The van der Waals surface area contributed by atoms with Crippen LogP contribution in [0.5, 0.6) is 0 Å². The van der Waals surface area contributed by atoms with E-state index in [1.165, 1.54) is 0 Å². The second-order valence-electron chi connectivity index (χ2n) is 7.28. The lowest BCUT2D eigenvalue weighted by Crippen LogP contribution is -2.40. The van der Waals surface area contributed by atoms with Gasteiger partial charge in [0, 0.05) is 45.3 Å². The van der Waals surface area contributed by atoms with E-state index in [1.807, 2.05) is 36.2 Å². The second kappa shape index (κ2) is 7.87. The molecule has 6 heteroatoms. The highest BCUT2D eigenvalue weighted by molar-refractivity contribution is 5.95. The molecule has 6 nitrogen and oxygen atoms in total. The van der Waals surface area contributed by atoms with Crippen LogP contribution in [0.3, 0.4) is 0 Å². The van der Waals surface area contributed by atoms with Crippen LogP contribution in [0.4, 0.5) is 10.5 Å². The summed E-state index contributed by atoms with van der Waals surface area (Å²) in [5.74, 6) is 0.743. The predicted octanol–water partition coefficient (Wildman–Crippen LogP) is 1.91. The van der Waals surface area contributed by atoms with Crippen LogP contribution in [-0.4, -0.2) is 62.0 Å². The Balaban J connectivity index is 1.50. The first-order chi connectivity index (χ1) is 12.0. The van der Waals surface area contributed by atoms with Crippen LogP contribution in [0.25, 0.3) is 0 Å². The van der Waals surface area contributed by atoms with E-state index in [4.69, 9.17) is 0 Å². The van der Waals surface area contributed by atoms with Gasteiger partial charge in [-0.2, -0.15) is 0 Å². The van der Waals surface area contributed by atoms with E-state index in [0.29, 0.717) is 18.9 Å². The van der Waals surface area contributed by atoms with Gasteiger partial charge in [0.25, 0.3) is 0 Å². The molecule has 0 radical (unpaired) electrons. The third kappa shape index (κ3) is 4.51. The van der Waals surface area contributed by atoms with Gasteiger partial charge in [-0.15, -0.1) is 0 Å². The maximum absolute atomic E-state index is 12.3. The Labute approximate surface area is 149 Å². The molecule has 0 bridgehead atoms. The van der Waals surface area contributed by atoms with E-state index in [2.05, 4.69) is 17.3 Å². The van der Waals surface area contributed by atoms with Gasteiger partial charge in [0.15, 0.2) is 0 Å². The van der Waals surface area contributed by atoms with Crippen LogP contribution in [0.15, 0.2) is 24.3 Å². The normalized spacial score (nSPS) is 21.0. The summed E-state index contributed by atoms with van der Waals surface area (Å²) >= 11 is 0. The minimum atomic E-state index is -0.0443. The molecule has 1 aromatic rings. The van der Waals surface area contributed by atoms with E-state index >= 15 is 0 Å². The molecule has 1 aromatic carbocycles. The van der Waals surface area contributed by atoms with E-state index < -0.39 is 0 Å². The van der Waals surface area contributed by atoms with E-state index in [-0.39, 0.29) is 11.9 Å². The Morgan fingerprint density at radius 1 is 1.36 bits per heavy atom. The smallest absolute Gasteiger partial charge is 0.317 e. The van der Waals surface area contributed by atoms with Crippen LogP contribution in [0.1, 0.15) is 24.8 Å². The second-order valence-corrected chi connectivity index (χ2v) is 7.28. The largest absolute Gasteiger partial charge is 0.334 e. The summed E-state index contributed by atoms with van der Waals surface area (Å²) in [6.45, 7) is 4.22. The summed E-state index contributed by atoms with van der Waals surface area (Å²) in [6.07, 6.45) is 2.70. The lowest BCUT2D eigenvalue weighted by Gasteiger charge is -2.22. The van der Waals surface area contributed by atoms with Crippen molar-refractivity contribution in [3.63, 3.8) is 0 Å². The quantitative estimate of drug-likeness (QED) is 0.888. The number of likely N-dealkylation sites (tertiary alicyclic amines) is 1. The van der Waals surface area contributed by atoms with Crippen molar-refractivity contribution in [1.29, 1.82) is 0 Å². The highest BCUT2D eigenvalue weighted by Crippen LogP contribution is 2.22. The molecular formula is C19H28N4O2. The number of amides is 3. The van der Waals surface area contributed by atoms with Gasteiger partial charge in [0.2, 0.25) is 5.91 Å². The SMILES string of the molecule is CN1CCC(CN(C)C(=O)NCc2cccc(N3CCCC3=O)c2)C1. The van der Waals surface area contributed by atoms with Gasteiger partial charge >= 0.3 is 6.03 Å². The summed E-state index contributed by atoms with van der Waals surface area (Å²) in [5, 5.41) is 2.98. The number of nitrogens with zero attached hydrogens (tertiary/aromatic N) is 3. The Hall–Kier alpha value is -2.08. The van der Waals surface area contributed by atoms with Gasteiger partial charge in [-0.25, -0.2) is 4.79 Å². The Kier molecular flexibility index (Phi) is 5.58. The third-order valence-electron chi connectivity index (χ3n) is 5.11. The summed E-state index contributed by atoms with van der Waals surface area (Å²) in [6, 6.07) is 7.83. The van der Waals surface area contributed by atoms with E-state index in [0.717, 1.165) is 50.3 Å². The Morgan fingerprint density at radius 2 is 2.20 bits per heavy atom. The van der Waals surface area contributed by atoms with Gasteiger partial charge in [0.05, 0.1) is 0 Å². The number of rotatable bonds is 5. The van der Waals surface area contributed by atoms with Crippen LogP contribution < -0.4 is 10.2 Å². The lowest BCUT2D eigenvalue weighted by molar-refractivity contribution is -0.117. The van der Waals surface area contributed by atoms with Gasteiger partial charge in [0.1, 0.15) is 0 Å². The standard InChI is InChI=1S/C19H28N4O2/c1-21-10-8-16(13-21)14-22(2)19(25)20-12-15-5-3-6-17(11-15)23-9-4-7-18(23)24/h3,5-6,11,16H,4,7-10,12-14H2,1-2H3,(H,20,25). The van der Waals surface area contributed by atoms with Gasteiger partial charge in [-0.05, 0) is 50.0 Å². The summed E-state index contributed by atoms with van der Waals surface area (Å²) in [7, 11) is 3.98. The van der Waals surface area contributed by atoms with Crippen molar-refractivity contribution in [2.24, 2.45) is 5.92 Å². The molecule has 2 fully saturated rings. The zero-order valence-corrected chi connectivity index (χ0v) is 15.2. The minimum Gasteiger partial charge on any atom is -0.334 e. The average molecular weight is 344 g/mol. The first-order valence-electron chi connectivity index (χ1n) is 9.10. The zero-order valence-electron chi connectivity index (χ0n) is 15.2. The number of nitrogens with one attached hydrogen (secondary N) is 1. The van der Waals surface area contributed by atoms with Gasteiger partial charge in [-0.3, -0.25) is 4.79 Å². The maximum atomic E-state index is 12.3. The number of anilines is 1. The highest BCUT2D eigenvalue weighted by Gasteiger charge is 2.23. The molecular weight excluding hydrogens is 316 g/mol.